The molecule has 1 aromatic heterocycles. The lowest BCUT2D eigenvalue weighted by Crippen LogP contribution is -2.46. The Kier molecular flexibility index (Phi) is 8.08. The normalized spacial score (nSPS) is 13.2. The molecule has 0 saturated heterocycles. The van der Waals surface area contributed by atoms with Gasteiger partial charge in [-0.05, 0) is 23.3 Å². The van der Waals surface area contributed by atoms with Crippen molar-refractivity contribution in [3.8, 4) is 16.9 Å². The predicted molar refractivity (Wildman–Crippen MR) is 121 cm³/mol. The van der Waals surface area contributed by atoms with Crippen LogP contribution in [0.15, 0.2) is 67.3 Å². The van der Waals surface area contributed by atoms with Crippen LogP contribution in [-0.4, -0.2) is 46.7 Å². The molecular formula is C23H27ClN4O4. The van der Waals surface area contributed by atoms with Crippen LogP contribution in [0.1, 0.15) is 20.1 Å². The Morgan fingerprint density at radius 1 is 1.12 bits per heavy atom. The van der Waals surface area contributed by atoms with Gasteiger partial charge in [-0.3, -0.25) is 5.32 Å². The molecule has 0 saturated carbocycles. The molecule has 2 unspecified atom stereocenters. The van der Waals surface area contributed by atoms with E-state index in [0.29, 0.717) is 5.75 Å². The summed E-state index contributed by atoms with van der Waals surface area (Å²) >= 11 is 6.24. The van der Waals surface area contributed by atoms with Gasteiger partial charge < -0.3 is 14.2 Å². The van der Waals surface area contributed by atoms with E-state index in [-0.39, 0.29) is 12.6 Å². The quantitative estimate of drug-likeness (QED) is 0.356. The minimum Gasteiger partial charge on any atom is -0.465 e. The van der Waals surface area contributed by atoms with Gasteiger partial charge >= 0.3 is 6.09 Å². The number of ether oxygens (including phenoxy) is 3. The Labute approximate surface area is 192 Å². The fourth-order valence-electron chi connectivity index (χ4n) is 3.07. The van der Waals surface area contributed by atoms with Gasteiger partial charge in [-0.1, -0.05) is 56.3 Å². The van der Waals surface area contributed by atoms with Crippen molar-refractivity contribution >= 4 is 17.7 Å². The molecular weight excluding hydrogens is 432 g/mol. The molecule has 8 nitrogen and oxygen atoms in total. The number of rotatable bonds is 10. The van der Waals surface area contributed by atoms with E-state index < -0.39 is 23.8 Å². The number of aromatic nitrogens is 3. The Morgan fingerprint density at radius 2 is 1.81 bits per heavy atom. The van der Waals surface area contributed by atoms with Crippen LogP contribution in [0.2, 0.25) is 0 Å². The molecule has 3 aromatic rings. The first-order valence-electron chi connectivity index (χ1n) is 10.1. The Hall–Kier alpha value is -3.10. The molecule has 170 valence electrons. The van der Waals surface area contributed by atoms with Crippen LogP contribution in [0.4, 0.5) is 4.79 Å². The number of carbonyl (C=O) groups excluding carboxylic acids is 1. The third-order valence-electron chi connectivity index (χ3n) is 4.88. The van der Waals surface area contributed by atoms with Gasteiger partial charge in [0.1, 0.15) is 25.1 Å². The topological polar surface area (TPSA) is 87.5 Å². The first kappa shape index (κ1) is 23.6. The highest BCUT2D eigenvalue weighted by atomic mass is 35.5. The summed E-state index contributed by atoms with van der Waals surface area (Å²) in [6.07, 6.45) is 0.666. The summed E-state index contributed by atoms with van der Waals surface area (Å²) in [4.78, 5) is 16.4. The summed E-state index contributed by atoms with van der Waals surface area (Å²) in [6.45, 7) is 3.79. The molecule has 3 rings (SSSR count). The van der Waals surface area contributed by atoms with Gasteiger partial charge in [-0.15, -0.1) is 11.6 Å². The number of benzene rings is 2. The average molecular weight is 459 g/mol. The van der Waals surface area contributed by atoms with Gasteiger partial charge in [0.25, 0.3) is 0 Å². The third kappa shape index (κ3) is 5.99. The zero-order valence-electron chi connectivity index (χ0n) is 18.3. The Morgan fingerprint density at radius 3 is 2.41 bits per heavy atom. The van der Waals surface area contributed by atoms with Crippen molar-refractivity contribution in [2.45, 2.75) is 26.2 Å². The summed E-state index contributed by atoms with van der Waals surface area (Å²) in [5, 5.41) is 6.74. The van der Waals surface area contributed by atoms with E-state index >= 15 is 0 Å². The molecule has 0 aliphatic heterocycles. The highest BCUT2D eigenvalue weighted by Gasteiger charge is 2.41. The average Bonchev–Trinajstić information content (AvgIpc) is 3.35. The number of alkyl carbamates (subject to hydrolysis) is 1. The van der Waals surface area contributed by atoms with E-state index in [9.17, 15) is 4.79 Å². The highest BCUT2D eigenvalue weighted by molar-refractivity contribution is 6.18. The molecule has 32 heavy (non-hydrogen) atoms. The van der Waals surface area contributed by atoms with Crippen molar-refractivity contribution in [3.05, 3.63) is 67.3 Å². The first-order valence-corrected chi connectivity index (χ1v) is 10.6. The van der Waals surface area contributed by atoms with E-state index in [1.54, 1.807) is 0 Å². The van der Waals surface area contributed by atoms with Crippen LogP contribution in [0.25, 0.3) is 11.1 Å². The predicted octanol–water partition coefficient (Wildman–Crippen LogP) is 4.49. The van der Waals surface area contributed by atoms with Crippen LogP contribution >= 0.6 is 11.6 Å². The molecule has 2 atom stereocenters. The smallest absolute Gasteiger partial charge is 0.409 e. The molecule has 0 radical (unpaired) electrons. The second-order valence-corrected chi connectivity index (χ2v) is 8.10. The maximum absolute atomic E-state index is 12.3. The summed E-state index contributed by atoms with van der Waals surface area (Å²) in [6, 6.07) is 17.7. The van der Waals surface area contributed by atoms with Gasteiger partial charge in [-0.25, -0.2) is 14.5 Å². The van der Waals surface area contributed by atoms with Crippen LogP contribution in [0.5, 0.6) is 5.75 Å². The number of nitrogens with zero attached hydrogens (tertiary/aromatic N) is 3. The van der Waals surface area contributed by atoms with Crippen molar-refractivity contribution in [2.24, 2.45) is 5.41 Å². The molecule has 9 heteroatoms. The number of amides is 1. The molecule has 1 heterocycles. The Bertz CT molecular complexity index is 965. The minimum atomic E-state index is -0.804. The van der Waals surface area contributed by atoms with Gasteiger partial charge in [0.05, 0.1) is 0 Å². The SMILES string of the molecule is COCNC(=O)OC(C(Oc1ccc(-c2ccccc2)cc1)n1cncn1)C(C)(C)CCl. The maximum atomic E-state index is 12.3. The second-order valence-electron chi connectivity index (χ2n) is 7.83. The van der Waals surface area contributed by atoms with E-state index in [2.05, 4.69) is 15.4 Å². The number of carbonyl (C=O) groups is 1. The van der Waals surface area contributed by atoms with Gasteiger partial charge in [0.2, 0.25) is 6.23 Å². The van der Waals surface area contributed by atoms with Crippen molar-refractivity contribution < 1.29 is 19.0 Å². The third-order valence-corrected chi connectivity index (χ3v) is 5.57. The lowest BCUT2D eigenvalue weighted by atomic mass is 9.87. The van der Waals surface area contributed by atoms with E-state index in [1.165, 1.54) is 24.4 Å². The molecule has 0 spiro atoms. The maximum Gasteiger partial charge on any atom is 0.409 e. The number of nitrogens with one attached hydrogen (secondary N) is 1. The van der Waals surface area contributed by atoms with Gasteiger partial charge in [0.15, 0.2) is 6.10 Å². The van der Waals surface area contributed by atoms with Gasteiger partial charge in [0, 0.05) is 18.4 Å². The fourth-order valence-corrected chi connectivity index (χ4v) is 3.22. The van der Waals surface area contributed by atoms with Crippen molar-refractivity contribution in [2.75, 3.05) is 19.7 Å². The molecule has 0 bridgehead atoms. The summed E-state index contributed by atoms with van der Waals surface area (Å²) in [5.74, 6) is 0.804. The highest BCUT2D eigenvalue weighted by Crippen LogP contribution is 2.35. The van der Waals surface area contributed by atoms with Crippen molar-refractivity contribution in [1.82, 2.24) is 20.1 Å². The molecule has 0 aliphatic carbocycles. The zero-order chi connectivity index (χ0) is 23.0. The number of alkyl halides is 1. The van der Waals surface area contributed by atoms with Gasteiger partial charge in [-0.2, -0.15) is 5.10 Å². The number of methoxy groups -OCH3 is 1. The molecule has 1 N–H and O–H groups in total. The zero-order valence-corrected chi connectivity index (χ0v) is 19.0. The largest absolute Gasteiger partial charge is 0.465 e. The lowest BCUT2D eigenvalue weighted by molar-refractivity contribution is -0.0795. The van der Waals surface area contributed by atoms with E-state index in [4.69, 9.17) is 25.8 Å². The molecule has 0 fully saturated rings. The van der Waals surface area contributed by atoms with Crippen LogP contribution in [-0.2, 0) is 9.47 Å². The fraction of sp³-hybridized carbons (Fsp3) is 0.348. The standard InChI is InChI=1S/C23H27ClN4O4/c1-23(2,13-24)20(32-22(29)26-16-30-3)21(28-15-25-14-27-28)31-19-11-9-18(10-12-19)17-7-5-4-6-8-17/h4-12,14-15,20-21H,13,16H2,1-3H3,(H,26,29). The summed E-state index contributed by atoms with van der Waals surface area (Å²) < 4.78 is 18.4. The lowest BCUT2D eigenvalue weighted by Gasteiger charge is -2.37. The monoisotopic (exact) mass is 458 g/mol. The van der Waals surface area contributed by atoms with Crippen molar-refractivity contribution in [1.29, 1.82) is 0 Å². The number of hydrogen-bond acceptors (Lipinski definition) is 6. The molecule has 2 aromatic carbocycles. The van der Waals surface area contributed by atoms with Crippen molar-refractivity contribution in [3.63, 3.8) is 0 Å². The summed E-state index contributed by atoms with van der Waals surface area (Å²) in [5.41, 5.74) is 1.52. The van der Waals surface area contributed by atoms with Crippen LogP contribution < -0.4 is 10.1 Å². The van der Waals surface area contributed by atoms with Crippen LogP contribution in [0.3, 0.4) is 0 Å². The number of halogens is 1. The van der Waals surface area contributed by atoms with E-state index in [1.807, 2.05) is 68.4 Å². The Balaban J connectivity index is 1.88. The van der Waals surface area contributed by atoms with E-state index in [0.717, 1.165) is 11.1 Å². The summed E-state index contributed by atoms with van der Waals surface area (Å²) in [7, 11) is 1.47. The first-order chi connectivity index (χ1) is 15.4. The minimum absolute atomic E-state index is 0.0165. The molecule has 0 aliphatic rings. The number of hydrogen-bond donors (Lipinski definition) is 1. The molecule has 1 amide bonds. The van der Waals surface area contributed by atoms with Crippen LogP contribution in [0, 0.1) is 5.41 Å². The second kappa shape index (κ2) is 11.0.